The highest BCUT2D eigenvalue weighted by molar-refractivity contribution is 7.99. The maximum atomic E-state index is 11.7. The quantitative estimate of drug-likeness (QED) is 0.622. The number of amides is 1. The minimum atomic E-state index is -1.06. The lowest BCUT2D eigenvalue weighted by molar-refractivity contribution is -0.140. The van der Waals surface area contributed by atoms with E-state index in [-0.39, 0.29) is 11.7 Å². The third-order valence-corrected chi connectivity index (χ3v) is 2.53. The lowest BCUT2D eigenvalue weighted by Gasteiger charge is -2.12. The molecule has 0 aliphatic carbocycles. The van der Waals surface area contributed by atoms with Crippen LogP contribution in [0.5, 0.6) is 0 Å². The average molecular weight is 223 g/mol. The van der Waals surface area contributed by atoms with Crippen LogP contribution in [0.15, 0.2) is 0 Å². The van der Waals surface area contributed by atoms with Gasteiger partial charge in [-0.25, -0.2) is 4.79 Å². The van der Waals surface area contributed by atoms with Gasteiger partial charge in [0, 0.05) is 12.7 Å². The number of rotatable bonds is 7. The fourth-order valence-corrected chi connectivity index (χ4v) is 1.72. The van der Waals surface area contributed by atoms with Gasteiger partial charge in [0.2, 0.25) is 5.91 Å². The standard InChI is InChI=1S/C8H14FNO3S/c1-6(11)10-7(8(12)13)5-14-4-2-3-9/h7H,2-5H2,1H3,(H,10,11)(H,12,13)/t7-/m0/s1. The van der Waals surface area contributed by atoms with Crippen molar-refractivity contribution in [3.8, 4) is 0 Å². The van der Waals surface area contributed by atoms with Gasteiger partial charge in [0.15, 0.2) is 0 Å². The van der Waals surface area contributed by atoms with Crippen molar-refractivity contribution in [1.82, 2.24) is 5.32 Å². The van der Waals surface area contributed by atoms with Crippen molar-refractivity contribution < 1.29 is 19.1 Å². The second kappa shape index (κ2) is 7.61. The van der Waals surface area contributed by atoms with Gasteiger partial charge in [0.1, 0.15) is 6.04 Å². The van der Waals surface area contributed by atoms with Crippen LogP contribution in [0.1, 0.15) is 13.3 Å². The summed E-state index contributed by atoms with van der Waals surface area (Å²) in [4.78, 5) is 21.2. The second-order valence-electron chi connectivity index (χ2n) is 2.71. The highest BCUT2D eigenvalue weighted by atomic mass is 32.2. The summed E-state index contributed by atoms with van der Waals surface area (Å²) in [6, 6.07) is -0.878. The van der Waals surface area contributed by atoms with Crippen LogP contribution >= 0.6 is 11.8 Å². The lowest BCUT2D eigenvalue weighted by Crippen LogP contribution is -2.41. The Morgan fingerprint density at radius 2 is 2.21 bits per heavy atom. The van der Waals surface area contributed by atoms with Crippen LogP contribution < -0.4 is 5.32 Å². The summed E-state index contributed by atoms with van der Waals surface area (Å²) in [6.45, 7) is 0.868. The Morgan fingerprint density at radius 3 is 2.64 bits per heavy atom. The summed E-state index contributed by atoms with van der Waals surface area (Å²) in [5.41, 5.74) is 0. The van der Waals surface area contributed by atoms with E-state index >= 15 is 0 Å². The van der Waals surface area contributed by atoms with Crippen molar-refractivity contribution in [3.05, 3.63) is 0 Å². The number of hydrogen-bond donors (Lipinski definition) is 2. The molecular formula is C8H14FNO3S. The van der Waals surface area contributed by atoms with Crippen LogP contribution in [0.25, 0.3) is 0 Å². The number of thioether (sulfide) groups is 1. The molecular weight excluding hydrogens is 209 g/mol. The fraction of sp³-hybridized carbons (Fsp3) is 0.750. The molecule has 4 nitrogen and oxygen atoms in total. The van der Waals surface area contributed by atoms with Crippen molar-refractivity contribution in [3.63, 3.8) is 0 Å². The van der Waals surface area contributed by atoms with Crippen molar-refractivity contribution in [2.24, 2.45) is 0 Å². The molecule has 0 bridgehead atoms. The molecule has 0 heterocycles. The third kappa shape index (κ3) is 6.71. The maximum absolute atomic E-state index is 11.7. The molecule has 0 aliphatic rings. The van der Waals surface area contributed by atoms with E-state index in [0.29, 0.717) is 12.2 Å². The van der Waals surface area contributed by atoms with Crippen LogP contribution in [0.4, 0.5) is 4.39 Å². The topological polar surface area (TPSA) is 66.4 Å². The van der Waals surface area contributed by atoms with E-state index in [2.05, 4.69) is 5.32 Å². The number of alkyl halides is 1. The van der Waals surface area contributed by atoms with E-state index in [9.17, 15) is 14.0 Å². The number of aliphatic carboxylic acids is 1. The summed E-state index contributed by atoms with van der Waals surface area (Å²) in [6.07, 6.45) is 0.414. The van der Waals surface area contributed by atoms with Gasteiger partial charge >= 0.3 is 5.97 Å². The number of carboxylic acids is 1. The molecule has 0 unspecified atom stereocenters. The van der Waals surface area contributed by atoms with E-state index in [1.165, 1.54) is 18.7 Å². The number of carboxylic acid groups (broad SMARTS) is 1. The number of halogens is 1. The first kappa shape index (κ1) is 13.2. The predicted octanol–water partition coefficient (Wildman–Crippen LogP) is 0.668. The minimum Gasteiger partial charge on any atom is -0.480 e. The molecule has 0 aromatic heterocycles. The number of carbonyl (C=O) groups excluding carboxylic acids is 1. The fourth-order valence-electron chi connectivity index (χ4n) is 0.778. The van der Waals surface area contributed by atoms with E-state index in [1.54, 1.807) is 0 Å². The molecule has 0 saturated heterocycles. The van der Waals surface area contributed by atoms with Crippen LogP contribution in [-0.2, 0) is 9.59 Å². The van der Waals surface area contributed by atoms with Gasteiger partial charge in [-0.3, -0.25) is 9.18 Å². The Bertz CT molecular complexity index is 201. The maximum Gasteiger partial charge on any atom is 0.327 e. The van der Waals surface area contributed by atoms with Crippen LogP contribution in [0, 0.1) is 0 Å². The molecule has 0 spiro atoms. The van der Waals surface area contributed by atoms with Crippen LogP contribution in [0.3, 0.4) is 0 Å². The third-order valence-electron chi connectivity index (χ3n) is 1.38. The predicted molar refractivity (Wildman–Crippen MR) is 53.2 cm³/mol. The summed E-state index contributed by atoms with van der Waals surface area (Å²) in [7, 11) is 0. The first-order valence-corrected chi connectivity index (χ1v) is 5.37. The molecule has 0 rings (SSSR count). The molecule has 1 amide bonds. The smallest absolute Gasteiger partial charge is 0.327 e. The summed E-state index contributed by atoms with van der Waals surface area (Å²) < 4.78 is 11.7. The number of nitrogens with one attached hydrogen (secondary N) is 1. The molecule has 0 aliphatic heterocycles. The highest BCUT2D eigenvalue weighted by Gasteiger charge is 2.17. The van der Waals surface area contributed by atoms with Gasteiger partial charge in [-0.2, -0.15) is 11.8 Å². The first-order chi connectivity index (χ1) is 6.57. The van der Waals surface area contributed by atoms with Gasteiger partial charge in [-0.05, 0) is 12.2 Å². The van der Waals surface area contributed by atoms with Gasteiger partial charge in [0.25, 0.3) is 0 Å². The Labute approximate surface area is 86.2 Å². The van der Waals surface area contributed by atoms with E-state index in [0.717, 1.165) is 0 Å². The van der Waals surface area contributed by atoms with E-state index in [1.807, 2.05) is 0 Å². The zero-order valence-electron chi connectivity index (χ0n) is 7.96. The summed E-state index contributed by atoms with van der Waals surface area (Å²) in [5, 5.41) is 11.0. The number of hydrogen-bond acceptors (Lipinski definition) is 3. The molecule has 0 fully saturated rings. The first-order valence-electron chi connectivity index (χ1n) is 4.21. The van der Waals surface area contributed by atoms with Gasteiger partial charge in [0.05, 0.1) is 6.67 Å². The van der Waals surface area contributed by atoms with Crippen molar-refractivity contribution in [2.45, 2.75) is 19.4 Å². The Hall–Kier alpha value is -0.780. The molecule has 6 heteroatoms. The summed E-state index contributed by atoms with van der Waals surface area (Å²) in [5.74, 6) is -0.592. The molecule has 0 radical (unpaired) electrons. The van der Waals surface area contributed by atoms with Crippen molar-refractivity contribution in [1.29, 1.82) is 0 Å². The molecule has 1 atom stereocenters. The van der Waals surface area contributed by atoms with Crippen LogP contribution in [-0.4, -0.2) is 41.2 Å². The Morgan fingerprint density at radius 1 is 1.57 bits per heavy atom. The Balaban J connectivity index is 3.74. The van der Waals surface area contributed by atoms with Gasteiger partial charge in [-0.1, -0.05) is 0 Å². The zero-order chi connectivity index (χ0) is 11.0. The molecule has 2 N–H and O–H groups in total. The minimum absolute atomic E-state index is 0.273. The van der Waals surface area contributed by atoms with E-state index < -0.39 is 18.7 Å². The van der Waals surface area contributed by atoms with Gasteiger partial charge in [-0.15, -0.1) is 0 Å². The summed E-state index contributed by atoms with van der Waals surface area (Å²) >= 11 is 1.32. The monoisotopic (exact) mass is 223 g/mol. The molecule has 0 aromatic carbocycles. The lowest BCUT2D eigenvalue weighted by atomic mass is 10.3. The molecule has 0 saturated carbocycles. The molecule has 82 valence electrons. The SMILES string of the molecule is CC(=O)N[C@@H](CSCCCF)C(=O)O. The highest BCUT2D eigenvalue weighted by Crippen LogP contribution is 2.05. The van der Waals surface area contributed by atoms with Gasteiger partial charge < -0.3 is 10.4 Å². The Kier molecular flexibility index (Phi) is 7.18. The normalized spacial score (nSPS) is 12.1. The number of carbonyl (C=O) groups is 2. The van der Waals surface area contributed by atoms with Crippen molar-refractivity contribution >= 4 is 23.6 Å². The largest absolute Gasteiger partial charge is 0.480 e. The molecule has 14 heavy (non-hydrogen) atoms. The second-order valence-corrected chi connectivity index (χ2v) is 3.86. The zero-order valence-corrected chi connectivity index (χ0v) is 8.77. The molecule has 0 aromatic rings. The van der Waals surface area contributed by atoms with Crippen molar-refractivity contribution in [2.75, 3.05) is 18.2 Å². The average Bonchev–Trinajstić information content (AvgIpc) is 2.09. The van der Waals surface area contributed by atoms with E-state index in [4.69, 9.17) is 5.11 Å². The van der Waals surface area contributed by atoms with Crippen LogP contribution in [0.2, 0.25) is 0 Å².